The lowest BCUT2D eigenvalue weighted by Gasteiger charge is -2.11. The fourth-order valence-corrected chi connectivity index (χ4v) is 4.16. The summed E-state index contributed by atoms with van der Waals surface area (Å²) >= 11 is 7.11. The number of nitrogens with one attached hydrogen (secondary N) is 2. The van der Waals surface area contributed by atoms with Gasteiger partial charge in [-0.05, 0) is 65.4 Å². The summed E-state index contributed by atoms with van der Waals surface area (Å²) in [6.45, 7) is 0. The van der Waals surface area contributed by atoms with Crippen molar-refractivity contribution in [2.45, 2.75) is 11.1 Å². The zero-order chi connectivity index (χ0) is 25.0. The first kappa shape index (κ1) is 24.6. The van der Waals surface area contributed by atoms with Gasteiger partial charge in [-0.1, -0.05) is 41.9 Å². The van der Waals surface area contributed by atoms with Crippen molar-refractivity contribution in [3.05, 3.63) is 101 Å². The van der Waals surface area contributed by atoms with Crippen molar-refractivity contribution >= 4 is 57.3 Å². The average Bonchev–Trinajstić information content (AvgIpc) is 2.84. The standard InChI is InChI=1S/C26H18ClF3N2O2S/c27-22-12-7-19(26(28,29)30)14-23(22)32-24(33)15-35-21-10-8-20(9-11-21)31-25(34)18-6-5-16-3-1-2-4-17(16)13-18/h1-14H,15H2,(H,31,34)(H,32,33). The highest BCUT2D eigenvalue weighted by molar-refractivity contribution is 8.00. The zero-order valence-electron chi connectivity index (χ0n) is 18.0. The van der Waals surface area contributed by atoms with Gasteiger partial charge in [-0.15, -0.1) is 11.8 Å². The molecule has 2 amide bonds. The molecule has 2 N–H and O–H groups in total. The smallest absolute Gasteiger partial charge is 0.324 e. The Morgan fingerprint density at radius 3 is 2.26 bits per heavy atom. The molecular weight excluding hydrogens is 497 g/mol. The van der Waals surface area contributed by atoms with Crippen LogP contribution in [-0.4, -0.2) is 17.6 Å². The molecule has 0 atom stereocenters. The van der Waals surface area contributed by atoms with Crippen molar-refractivity contribution in [2.24, 2.45) is 0 Å². The Hall–Kier alpha value is -3.49. The summed E-state index contributed by atoms with van der Waals surface area (Å²) < 4.78 is 38.7. The molecule has 0 saturated carbocycles. The molecule has 0 aliphatic rings. The number of rotatable bonds is 6. The van der Waals surface area contributed by atoms with Gasteiger partial charge < -0.3 is 10.6 Å². The van der Waals surface area contributed by atoms with Crippen LogP contribution in [0, 0.1) is 0 Å². The fourth-order valence-electron chi connectivity index (χ4n) is 3.30. The zero-order valence-corrected chi connectivity index (χ0v) is 19.6. The van der Waals surface area contributed by atoms with Crippen LogP contribution in [0.4, 0.5) is 24.5 Å². The third kappa shape index (κ3) is 6.35. The highest BCUT2D eigenvalue weighted by Crippen LogP contribution is 2.34. The van der Waals surface area contributed by atoms with E-state index in [9.17, 15) is 22.8 Å². The Labute approximate surface area is 208 Å². The highest BCUT2D eigenvalue weighted by atomic mass is 35.5. The summed E-state index contributed by atoms with van der Waals surface area (Å²) in [6.07, 6.45) is -4.54. The molecule has 178 valence electrons. The normalized spacial score (nSPS) is 11.3. The second-order valence-corrected chi connectivity index (χ2v) is 9.03. The topological polar surface area (TPSA) is 58.2 Å². The average molecular weight is 515 g/mol. The van der Waals surface area contributed by atoms with E-state index in [0.29, 0.717) is 11.3 Å². The molecule has 0 fully saturated rings. The van der Waals surface area contributed by atoms with Crippen LogP contribution in [0.3, 0.4) is 0 Å². The maximum atomic E-state index is 12.9. The van der Waals surface area contributed by atoms with Gasteiger partial charge in [-0.25, -0.2) is 0 Å². The molecule has 4 rings (SSSR count). The van der Waals surface area contributed by atoms with Crippen molar-refractivity contribution in [1.29, 1.82) is 0 Å². The Bertz CT molecular complexity index is 1390. The Morgan fingerprint density at radius 2 is 1.54 bits per heavy atom. The third-order valence-corrected chi connectivity index (χ3v) is 6.40. The van der Waals surface area contributed by atoms with E-state index in [1.807, 2.05) is 36.4 Å². The number of benzene rings is 4. The fraction of sp³-hybridized carbons (Fsp3) is 0.0769. The van der Waals surface area contributed by atoms with Crippen LogP contribution >= 0.6 is 23.4 Å². The van der Waals surface area contributed by atoms with Gasteiger partial charge in [0, 0.05) is 16.1 Å². The number of thioether (sulfide) groups is 1. The number of carbonyl (C=O) groups excluding carboxylic acids is 2. The number of halogens is 4. The first-order chi connectivity index (χ1) is 16.7. The van der Waals surface area contributed by atoms with Crippen LogP contribution in [0.5, 0.6) is 0 Å². The van der Waals surface area contributed by atoms with Crippen LogP contribution in [-0.2, 0) is 11.0 Å². The van der Waals surface area contributed by atoms with Gasteiger partial charge in [-0.2, -0.15) is 13.2 Å². The molecule has 9 heteroatoms. The molecule has 4 aromatic rings. The summed E-state index contributed by atoms with van der Waals surface area (Å²) in [7, 11) is 0. The molecule has 0 unspecified atom stereocenters. The van der Waals surface area contributed by atoms with E-state index in [1.54, 1.807) is 30.3 Å². The number of fused-ring (bicyclic) bond motifs is 1. The monoisotopic (exact) mass is 514 g/mol. The molecule has 4 aromatic carbocycles. The number of hydrogen-bond donors (Lipinski definition) is 2. The predicted octanol–water partition coefficient (Wildman–Crippen LogP) is 7.50. The number of carbonyl (C=O) groups is 2. The van der Waals surface area contributed by atoms with Gasteiger partial charge in [0.15, 0.2) is 0 Å². The van der Waals surface area contributed by atoms with E-state index in [4.69, 9.17) is 11.6 Å². The van der Waals surface area contributed by atoms with Crippen LogP contribution in [0.15, 0.2) is 89.8 Å². The summed E-state index contributed by atoms with van der Waals surface area (Å²) in [5.41, 5.74) is 0.129. The lowest BCUT2D eigenvalue weighted by Crippen LogP contribution is -2.15. The van der Waals surface area contributed by atoms with E-state index in [-0.39, 0.29) is 22.4 Å². The first-order valence-corrected chi connectivity index (χ1v) is 11.7. The number of alkyl halides is 3. The van der Waals surface area contributed by atoms with E-state index in [0.717, 1.165) is 33.9 Å². The summed E-state index contributed by atoms with van der Waals surface area (Å²) in [5, 5.41) is 7.28. The molecular formula is C26H18ClF3N2O2S. The summed E-state index contributed by atoms with van der Waals surface area (Å²) in [6, 6.07) is 22.9. The lowest BCUT2D eigenvalue weighted by atomic mass is 10.1. The van der Waals surface area contributed by atoms with Gasteiger partial charge >= 0.3 is 6.18 Å². The quantitative estimate of drug-likeness (QED) is 0.262. The Morgan fingerprint density at radius 1 is 0.829 bits per heavy atom. The molecule has 4 nitrogen and oxygen atoms in total. The molecule has 0 radical (unpaired) electrons. The van der Waals surface area contributed by atoms with Gasteiger partial charge in [0.1, 0.15) is 0 Å². The minimum absolute atomic E-state index is 0.0165. The molecule has 0 aromatic heterocycles. The summed E-state index contributed by atoms with van der Waals surface area (Å²) in [4.78, 5) is 25.6. The van der Waals surface area contributed by atoms with Crippen molar-refractivity contribution in [3.63, 3.8) is 0 Å². The van der Waals surface area contributed by atoms with E-state index in [2.05, 4.69) is 10.6 Å². The van der Waals surface area contributed by atoms with Gasteiger partial charge in [0.2, 0.25) is 5.91 Å². The minimum Gasteiger partial charge on any atom is -0.324 e. The van der Waals surface area contributed by atoms with Crippen LogP contribution in [0.25, 0.3) is 10.8 Å². The molecule has 0 aliphatic heterocycles. The predicted molar refractivity (Wildman–Crippen MR) is 134 cm³/mol. The van der Waals surface area contributed by atoms with Crippen molar-refractivity contribution in [2.75, 3.05) is 16.4 Å². The molecule has 0 bridgehead atoms. The van der Waals surface area contributed by atoms with E-state index >= 15 is 0 Å². The van der Waals surface area contributed by atoms with Gasteiger partial charge in [0.25, 0.3) is 5.91 Å². The highest BCUT2D eigenvalue weighted by Gasteiger charge is 2.31. The van der Waals surface area contributed by atoms with E-state index in [1.165, 1.54) is 11.8 Å². The van der Waals surface area contributed by atoms with Crippen LogP contribution < -0.4 is 10.6 Å². The van der Waals surface area contributed by atoms with E-state index < -0.39 is 17.6 Å². The Balaban J connectivity index is 1.33. The van der Waals surface area contributed by atoms with Crippen molar-refractivity contribution in [1.82, 2.24) is 0 Å². The maximum Gasteiger partial charge on any atom is 0.416 e. The van der Waals surface area contributed by atoms with Gasteiger partial charge in [0.05, 0.1) is 22.0 Å². The number of hydrogen-bond acceptors (Lipinski definition) is 3. The number of amides is 2. The van der Waals surface area contributed by atoms with Crippen LogP contribution in [0.2, 0.25) is 5.02 Å². The molecule has 0 aliphatic carbocycles. The number of anilines is 2. The largest absolute Gasteiger partial charge is 0.416 e. The third-order valence-electron chi connectivity index (χ3n) is 5.06. The Kier molecular flexibility index (Phi) is 7.33. The second kappa shape index (κ2) is 10.4. The van der Waals surface area contributed by atoms with Crippen molar-refractivity contribution < 1.29 is 22.8 Å². The SMILES string of the molecule is O=C(CSc1ccc(NC(=O)c2ccc3ccccc3c2)cc1)Nc1cc(C(F)(F)F)ccc1Cl. The molecule has 35 heavy (non-hydrogen) atoms. The lowest BCUT2D eigenvalue weighted by molar-refractivity contribution is -0.137. The second-order valence-electron chi connectivity index (χ2n) is 7.57. The van der Waals surface area contributed by atoms with Crippen molar-refractivity contribution in [3.8, 4) is 0 Å². The molecule has 0 heterocycles. The van der Waals surface area contributed by atoms with Crippen LogP contribution in [0.1, 0.15) is 15.9 Å². The first-order valence-electron chi connectivity index (χ1n) is 10.4. The minimum atomic E-state index is -4.54. The van der Waals surface area contributed by atoms with Gasteiger partial charge in [-0.3, -0.25) is 9.59 Å². The summed E-state index contributed by atoms with van der Waals surface area (Å²) in [5.74, 6) is -0.770. The molecule has 0 saturated heterocycles. The molecule has 0 spiro atoms. The maximum absolute atomic E-state index is 12.9.